The summed E-state index contributed by atoms with van der Waals surface area (Å²) in [6.45, 7) is 8.39. The first-order valence-electron chi connectivity index (χ1n) is 9.93. The first-order valence-corrected chi connectivity index (χ1v) is 9.93. The molecule has 0 fully saturated rings. The van der Waals surface area contributed by atoms with E-state index in [9.17, 15) is 10.2 Å². The van der Waals surface area contributed by atoms with Gasteiger partial charge >= 0.3 is 0 Å². The van der Waals surface area contributed by atoms with Crippen LogP contribution in [0.1, 0.15) is 78.2 Å². The van der Waals surface area contributed by atoms with E-state index in [4.69, 9.17) is 4.74 Å². The highest BCUT2D eigenvalue weighted by molar-refractivity contribution is 5.23. The minimum absolute atomic E-state index is 0.242. The molecule has 3 heteroatoms. The van der Waals surface area contributed by atoms with Crippen LogP contribution in [-0.4, -0.2) is 29.0 Å². The number of hydrogen-bond acceptors (Lipinski definition) is 3. The average Bonchev–Trinajstić information content (AvgIpc) is 2.59. The van der Waals surface area contributed by atoms with Gasteiger partial charge in [-0.15, -0.1) is 0 Å². The van der Waals surface area contributed by atoms with Gasteiger partial charge in [0.2, 0.25) is 0 Å². The lowest BCUT2D eigenvalue weighted by molar-refractivity contribution is -0.124. The molecule has 1 rings (SSSR count). The van der Waals surface area contributed by atoms with E-state index in [0.717, 1.165) is 24.3 Å². The lowest BCUT2D eigenvalue weighted by Gasteiger charge is -2.35. The summed E-state index contributed by atoms with van der Waals surface area (Å²) >= 11 is 0. The van der Waals surface area contributed by atoms with Crippen molar-refractivity contribution in [2.24, 2.45) is 5.92 Å². The second-order valence-electron chi connectivity index (χ2n) is 7.82. The van der Waals surface area contributed by atoms with Crippen molar-refractivity contribution < 1.29 is 14.9 Å². The smallest absolute Gasteiger partial charge is 0.115 e. The summed E-state index contributed by atoms with van der Waals surface area (Å²) in [6, 6.07) is 9.79. The lowest BCUT2D eigenvalue weighted by atomic mass is 9.83. The Balaban J connectivity index is 2.54. The molecular weight excluding hydrogens is 312 g/mol. The van der Waals surface area contributed by atoms with Crippen LogP contribution in [0.25, 0.3) is 0 Å². The standard InChI is InChI=1S/C22H38O3/c1-18(2)13-9-6-5-7-12-16-22(24,20(4)25-17-19(3)23)21-14-10-8-11-15-21/h8,10-11,14-15,18-20,23-24H,5-7,9,12-13,16-17H2,1-4H3. The number of aliphatic hydroxyl groups is 2. The number of rotatable bonds is 13. The highest BCUT2D eigenvalue weighted by Gasteiger charge is 2.36. The van der Waals surface area contributed by atoms with Crippen molar-refractivity contribution >= 4 is 0 Å². The molecule has 0 aromatic heterocycles. The van der Waals surface area contributed by atoms with Crippen LogP contribution in [0.4, 0.5) is 0 Å². The molecule has 3 atom stereocenters. The summed E-state index contributed by atoms with van der Waals surface area (Å²) in [6.07, 6.45) is 7.02. The zero-order chi connectivity index (χ0) is 18.7. The van der Waals surface area contributed by atoms with Crippen LogP contribution in [0, 0.1) is 5.92 Å². The van der Waals surface area contributed by atoms with Gasteiger partial charge in [-0.1, -0.05) is 82.7 Å². The van der Waals surface area contributed by atoms with Gasteiger partial charge in [0.05, 0.1) is 18.8 Å². The Labute approximate surface area is 154 Å². The molecule has 0 radical (unpaired) electrons. The Hall–Kier alpha value is -0.900. The maximum atomic E-state index is 11.3. The van der Waals surface area contributed by atoms with Crippen LogP contribution >= 0.6 is 0 Å². The maximum absolute atomic E-state index is 11.3. The van der Waals surface area contributed by atoms with Gasteiger partial charge in [0.1, 0.15) is 5.60 Å². The van der Waals surface area contributed by atoms with Crippen molar-refractivity contribution in [3.05, 3.63) is 35.9 Å². The second kappa shape index (κ2) is 11.7. The van der Waals surface area contributed by atoms with Crippen molar-refractivity contribution in [2.45, 2.75) is 90.4 Å². The normalized spacial score (nSPS) is 16.6. The lowest BCUT2D eigenvalue weighted by Crippen LogP contribution is -2.40. The molecule has 0 aliphatic carbocycles. The van der Waals surface area contributed by atoms with Gasteiger partial charge in [0.15, 0.2) is 0 Å². The monoisotopic (exact) mass is 350 g/mol. The third-order valence-corrected chi connectivity index (χ3v) is 4.87. The molecule has 3 nitrogen and oxygen atoms in total. The Bertz CT molecular complexity index is 444. The molecule has 2 N–H and O–H groups in total. The zero-order valence-corrected chi connectivity index (χ0v) is 16.6. The van der Waals surface area contributed by atoms with Gasteiger partial charge in [0.25, 0.3) is 0 Å². The zero-order valence-electron chi connectivity index (χ0n) is 16.6. The third kappa shape index (κ3) is 8.35. The Morgan fingerprint density at radius 1 is 0.920 bits per heavy atom. The predicted molar refractivity (Wildman–Crippen MR) is 105 cm³/mol. The van der Waals surface area contributed by atoms with E-state index >= 15 is 0 Å². The quantitative estimate of drug-likeness (QED) is 0.490. The summed E-state index contributed by atoms with van der Waals surface area (Å²) in [5.41, 5.74) is -0.110. The first-order chi connectivity index (χ1) is 11.9. The minimum Gasteiger partial charge on any atom is -0.391 e. The summed E-state index contributed by atoms with van der Waals surface area (Å²) in [4.78, 5) is 0. The highest BCUT2D eigenvalue weighted by atomic mass is 16.5. The van der Waals surface area contributed by atoms with Gasteiger partial charge in [-0.25, -0.2) is 0 Å². The largest absolute Gasteiger partial charge is 0.391 e. The summed E-state index contributed by atoms with van der Waals surface area (Å²) in [7, 11) is 0. The average molecular weight is 351 g/mol. The SMILES string of the molecule is CC(C)CCCCCCCC(O)(c1ccccc1)C(C)OCC(C)O. The van der Waals surface area contributed by atoms with Gasteiger partial charge in [-0.05, 0) is 31.7 Å². The van der Waals surface area contributed by atoms with E-state index in [1.807, 2.05) is 37.3 Å². The minimum atomic E-state index is -1.01. The summed E-state index contributed by atoms with van der Waals surface area (Å²) < 4.78 is 5.74. The topological polar surface area (TPSA) is 49.7 Å². The van der Waals surface area contributed by atoms with Crippen molar-refractivity contribution in [3.8, 4) is 0 Å². The van der Waals surface area contributed by atoms with Crippen LogP contribution in [0.5, 0.6) is 0 Å². The van der Waals surface area contributed by atoms with Crippen molar-refractivity contribution in [1.82, 2.24) is 0 Å². The Morgan fingerprint density at radius 3 is 2.12 bits per heavy atom. The molecule has 144 valence electrons. The van der Waals surface area contributed by atoms with E-state index in [0.29, 0.717) is 6.42 Å². The molecule has 0 aliphatic rings. The molecule has 3 unspecified atom stereocenters. The van der Waals surface area contributed by atoms with Crippen LogP contribution in [0.3, 0.4) is 0 Å². The molecule has 0 saturated carbocycles. The van der Waals surface area contributed by atoms with Crippen LogP contribution in [-0.2, 0) is 10.3 Å². The van der Waals surface area contributed by atoms with E-state index < -0.39 is 11.7 Å². The van der Waals surface area contributed by atoms with E-state index in [-0.39, 0.29) is 12.7 Å². The number of hydrogen-bond donors (Lipinski definition) is 2. The first kappa shape index (κ1) is 22.1. The van der Waals surface area contributed by atoms with Gasteiger partial charge in [0, 0.05) is 0 Å². The van der Waals surface area contributed by atoms with E-state index in [2.05, 4.69) is 13.8 Å². The van der Waals surface area contributed by atoms with Gasteiger partial charge in [-0.3, -0.25) is 0 Å². The molecule has 0 bridgehead atoms. The molecule has 0 amide bonds. The number of benzene rings is 1. The molecule has 0 heterocycles. The Kier molecular flexibility index (Phi) is 10.3. The van der Waals surface area contributed by atoms with E-state index in [1.54, 1.807) is 6.92 Å². The summed E-state index contributed by atoms with van der Waals surface area (Å²) in [5, 5.41) is 20.8. The van der Waals surface area contributed by atoms with Crippen molar-refractivity contribution in [2.75, 3.05) is 6.61 Å². The van der Waals surface area contributed by atoms with E-state index in [1.165, 1.54) is 25.7 Å². The second-order valence-corrected chi connectivity index (χ2v) is 7.82. The fraction of sp³-hybridized carbons (Fsp3) is 0.727. The molecular formula is C22H38O3. The fourth-order valence-electron chi connectivity index (χ4n) is 3.21. The summed E-state index contributed by atoms with van der Waals surface area (Å²) in [5.74, 6) is 0.787. The molecule has 0 saturated heterocycles. The maximum Gasteiger partial charge on any atom is 0.115 e. The van der Waals surface area contributed by atoms with Crippen LogP contribution < -0.4 is 0 Å². The van der Waals surface area contributed by atoms with Crippen molar-refractivity contribution in [3.63, 3.8) is 0 Å². The third-order valence-electron chi connectivity index (χ3n) is 4.87. The Morgan fingerprint density at radius 2 is 1.52 bits per heavy atom. The van der Waals surface area contributed by atoms with Gasteiger partial charge in [-0.2, -0.15) is 0 Å². The molecule has 1 aromatic rings. The number of ether oxygens (including phenoxy) is 1. The van der Waals surface area contributed by atoms with Crippen molar-refractivity contribution in [1.29, 1.82) is 0 Å². The molecule has 25 heavy (non-hydrogen) atoms. The highest BCUT2D eigenvalue weighted by Crippen LogP contribution is 2.33. The number of aliphatic hydroxyl groups excluding tert-OH is 1. The predicted octanol–water partition coefficient (Wildman–Crippen LogP) is 5.05. The van der Waals surface area contributed by atoms with Crippen LogP contribution in [0.2, 0.25) is 0 Å². The molecule has 0 aliphatic heterocycles. The molecule has 0 spiro atoms. The number of unbranched alkanes of at least 4 members (excludes halogenated alkanes) is 4. The van der Waals surface area contributed by atoms with Crippen LogP contribution in [0.15, 0.2) is 30.3 Å². The van der Waals surface area contributed by atoms with Gasteiger partial charge < -0.3 is 14.9 Å². The fourth-order valence-corrected chi connectivity index (χ4v) is 3.21. The molecule has 1 aromatic carbocycles.